The Balaban J connectivity index is 1.66. The average molecular weight is 437 g/mol. The van der Waals surface area contributed by atoms with E-state index in [-0.39, 0.29) is 11.3 Å². The molecule has 0 atom stereocenters. The number of anilines is 1. The summed E-state index contributed by atoms with van der Waals surface area (Å²) in [6.45, 7) is 3.84. The smallest absolute Gasteiger partial charge is 0.188 e. The van der Waals surface area contributed by atoms with Crippen molar-refractivity contribution >= 4 is 28.9 Å². The van der Waals surface area contributed by atoms with E-state index in [2.05, 4.69) is 51.9 Å². The maximum atomic E-state index is 14.3. The van der Waals surface area contributed by atoms with Crippen LogP contribution in [0.25, 0.3) is 17.2 Å². The van der Waals surface area contributed by atoms with Crippen LogP contribution in [0.1, 0.15) is 15.9 Å². The van der Waals surface area contributed by atoms with Crippen molar-refractivity contribution in [3.63, 3.8) is 0 Å². The number of methoxy groups -OCH3 is 1. The third-order valence-electron chi connectivity index (χ3n) is 5.58. The van der Waals surface area contributed by atoms with E-state index in [4.69, 9.17) is 4.74 Å². The van der Waals surface area contributed by atoms with Gasteiger partial charge in [0.05, 0.1) is 12.7 Å². The monoisotopic (exact) mass is 436 g/mol. The van der Waals surface area contributed by atoms with Gasteiger partial charge >= 0.3 is 0 Å². The molecule has 0 radical (unpaired) electrons. The van der Waals surface area contributed by atoms with Crippen molar-refractivity contribution in [1.29, 1.82) is 0 Å². The number of benzene rings is 2. The normalized spacial score (nSPS) is 14.9. The number of allylic oxidation sites excluding steroid dienone is 1. The molecule has 1 aliphatic heterocycles. The van der Waals surface area contributed by atoms with E-state index in [1.807, 2.05) is 0 Å². The topological polar surface area (TPSA) is 32.8 Å². The van der Waals surface area contributed by atoms with Crippen molar-refractivity contribution in [1.82, 2.24) is 4.90 Å². The highest BCUT2D eigenvalue weighted by atomic mass is 32.1. The summed E-state index contributed by atoms with van der Waals surface area (Å²) in [7, 11) is 3.59. The van der Waals surface area contributed by atoms with Crippen LogP contribution in [0.5, 0.6) is 5.75 Å². The first-order chi connectivity index (χ1) is 15.0. The van der Waals surface area contributed by atoms with E-state index in [0.717, 1.165) is 48.6 Å². The van der Waals surface area contributed by atoms with Gasteiger partial charge in [0.2, 0.25) is 0 Å². The van der Waals surface area contributed by atoms with Crippen molar-refractivity contribution in [2.24, 2.45) is 0 Å². The quantitative estimate of drug-likeness (QED) is 0.392. The number of ether oxygens (including phenoxy) is 1. The number of hydrogen-bond acceptors (Lipinski definition) is 5. The molecule has 1 fully saturated rings. The first kappa shape index (κ1) is 21.3. The molecular formula is C25H25FN2O2S. The van der Waals surface area contributed by atoms with E-state index in [0.29, 0.717) is 5.75 Å². The van der Waals surface area contributed by atoms with Crippen LogP contribution in [0.2, 0.25) is 0 Å². The predicted molar refractivity (Wildman–Crippen MR) is 126 cm³/mol. The lowest BCUT2D eigenvalue weighted by atomic mass is 10.0. The highest BCUT2D eigenvalue weighted by molar-refractivity contribution is 7.08. The van der Waals surface area contributed by atoms with Crippen LogP contribution in [0, 0.1) is 5.82 Å². The Bertz CT molecular complexity index is 1090. The van der Waals surface area contributed by atoms with Crippen molar-refractivity contribution in [3.05, 3.63) is 76.2 Å². The Labute approximate surface area is 186 Å². The number of rotatable bonds is 6. The Morgan fingerprint density at radius 3 is 2.55 bits per heavy atom. The Hall–Kier alpha value is -2.96. The van der Waals surface area contributed by atoms with E-state index in [1.54, 1.807) is 23.5 Å². The molecule has 160 valence electrons. The minimum Gasteiger partial charge on any atom is -0.497 e. The molecule has 0 saturated carbocycles. The largest absolute Gasteiger partial charge is 0.497 e. The number of nitrogens with zero attached hydrogens (tertiary/aromatic N) is 2. The fourth-order valence-corrected chi connectivity index (χ4v) is 4.37. The first-order valence-electron chi connectivity index (χ1n) is 10.2. The summed E-state index contributed by atoms with van der Waals surface area (Å²) in [6.07, 6.45) is 3.26. The van der Waals surface area contributed by atoms with Crippen LogP contribution in [0.3, 0.4) is 0 Å². The fraction of sp³-hybridized carbons (Fsp3) is 0.240. The van der Waals surface area contributed by atoms with E-state index < -0.39 is 5.82 Å². The maximum Gasteiger partial charge on any atom is 0.188 e. The lowest BCUT2D eigenvalue weighted by Crippen LogP contribution is -2.44. The van der Waals surface area contributed by atoms with Crippen molar-refractivity contribution in [2.75, 3.05) is 45.2 Å². The third-order valence-corrected chi connectivity index (χ3v) is 6.27. The molecule has 1 saturated heterocycles. The Kier molecular flexibility index (Phi) is 6.49. The molecule has 1 aromatic heterocycles. The zero-order valence-corrected chi connectivity index (χ0v) is 18.5. The Morgan fingerprint density at radius 2 is 1.87 bits per heavy atom. The Morgan fingerprint density at radius 1 is 1.06 bits per heavy atom. The van der Waals surface area contributed by atoms with Gasteiger partial charge in [0, 0.05) is 37.9 Å². The molecule has 3 aromatic rings. The van der Waals surface area contributed by atoms with E-state index in [1.165, 1.54) is 25.3 Å². The summed E-state index contributed by atoms with van der Waals surface area (Å²) in [5.74, 6) is -0.565. The molecule has 6 heteroatoms. The van der Waals surface area contributed by atoms with Crippen molar-refractivity contribution in [2.45, 2.75) is 0 Å². The lowest BCUT2D eigenvalue weighted by molar-refractivity contribution is 0.104. The maximum absolute atomic E-state index is 14.3. The molecule has 2 heterocycles. The van der Waals surface area contributed by atoms with Crippen LogP contribution in [0.4, 0.5) is 10.1 Å². The second-order valence-electron chi connectivity index (χ2n) is 7.62. The number of halogens is 1. The molecule has 4 rings (SSSR count). The molecule has 0 bridgehead atoms. The number of ketones is 1. The number of likely N-dealkylation sites (N-methyl/N-ethyl adjacent to an activating group) is 1. The van der Waals surface area contributed by atoms with Gasteiger partial charge in [-0.1, -0.05) is 6.07 Å². The molecular weight excluding hydrogens is 411 g/mol. The molecule has 0 unspecified atom stereocenters. The number of carbonyl (C=O) groups excluding carboxylic acids is 1. The molecule has 31 heavy (non-hydrogen) atoms. The van der Waals surface area contributed by atoms with Crippen LogP contribution >= 0.6 is 11.3 Å². The van der Waals surface area contributed by atoms with Gasteiger partial charge in [-0.2, -0.15) is 11.3 Å². The number of piperazine rings is 1. The van der Waals surface area contributed by atoms with Gasteiger partial charge in [-0.3, -0.25) is 4.79 Å². The van der Waals surface area contributed by atoms with Gasteiger partial charge < -0.3 is 14.5 Å². The lowest BCUT2D eigenvalue weighted by Gasteiger charge is -2.35. The minimum absolute atomic E-state index is 0.0344. The summed E-state index contributed by atoms with van der Waals surface area (Å²) in [6, 6.07) is 12.7. The third kappa shape index (κ3) is 4.86. The van der Waals surface area contributed by atoms with Gasteiger partial charge in [-0.05, 0) is 77.0 Å². The number of carbonyl (C=O) groups is 1. The van der Waals surface area contributed by atoms with Gasteiger partial charge in [0.25, 0.3) is 0 Å². The van der Waals surface area contributed by atoms with Crippen LogP contribution in [-0.2, 0) is 0 Å². The van der Waals surface area contributed by atoms with E-state index in [9.17, 15) is 9.18 Å². The van der Waals surface area contributed by atoms with Gasteiger partial charge in [0.15, 0.2) is 5.78 Å². The summed E-state index contributed by atoms with van der Waals surface area (Å²) in [4.78, 5) is 17.3. The minimum atomic E-state index is -0.583. The van der Waals surface area contributed by atoms with Crippen LogP contribution in [-0.4, -0.2) is 51.0 Å². The second kappa shape index (κ2) is 9.45. The number of thiophene rings is 1. The van der Waals surface area contributed by atoms with Crippen molar-refractivity contribution < 1.29 is 13.9 Å². The highest BCUT2D eigenvalue weighted by Crippen LogP contribution is 2.30. The van der Waals surface area contributed by atoms with E-state index >= 15 is 0 Å². The molecule has 0 spiro atoms. The van der Waals surface area contributed by atoms with Gasteiger partial charge in [0.1, 0.15) is 11.6 Å². The fourth-order valence-electron chi connectivity index (χ4n) is 3.71. The van der Waals surface area contributed by atoms with Crippen LogP contribution < -0.4 is 9.64 Å². The summed E-state index contributed by atoms with van der Waals surface area (Å²) < 4.78 is 19.3. The summed E-state index contributed by atoms with van der Waals surface area (Å²) >= 11 is 1.65. The van der Waals surface area contributed by atoms with Gasteiger partial charge in [-0.25, -0.2) is 4.39 Å². The average Bonchev–Trinajstić information content (AvgIpc) is 3.33. The summed E-state index contributed by atoms with van der Waals surface area (Å²) in [5, 5.41) is 4.16. The molecule has 4 nitrogen and oxygen atoms in total. The number of hydrogen-bond donors (Lipinski definition) is 0. The molecule has 1 aliphatic rings. The van der Waals surface area contributed by atoms with Crippen LogP contribution in [0.15, 0.2) is 59.3 Å². The second-order valence-corrected chi connectivity index (χ2v) is 8.40. The highest BCUT2D eigenvalue weighted by Gasteiger charge is 2.17. The molecule has 2 aromatic carbocycles. The summed E-state index contributed by atoms with van der Waals surface area (Å²) in [5.41, 5.74) is 4.33. The predicted octanol–water partition coefficient (Wildman–Crippen LogP) is 5.21. The zero-order valence-electron chi connectivity index (χ0n) is 17.7. The SMILES string of the molecule is COc1ccc(C(=O)C=Cc2cc(-c3ccsc3)ccc2N2CCN(C)CC2)c(F)c1. The standard InChI is InChI=1S/C25H25FN2O2S/c1-27-10-12-28(13-11-27)24-7-3-18(20-9-14-31-17-20)15-19(24)4-8-25(29)22-6-5-21(30-2)16-23(22)26/h3-9,14-17H,10-13H2,1-2H3. The van der Waals surface area contributed by atoms with Gasteiger partial charge in [-0.15, -0.1) is 0 Å². The van der Waals surface area contributed by atoms with Crippen molar-refractivity contribution in [3.8, 4) is 16.9 Å². The molecule has 0 amide bonds. The molecule has 0 aliphatic carbocycles. The first-order valence-corrected chi connectivity index (χ1v) is 11.2. The molecule has 0 N–H and O–H groups in total. The zero-order chi connectivity index (χ0) is 21.8.